The molecule has 0 unspecified atom stereocenters. The van der Waals surface area contributed by atoms with Crippen molar-refractivity contribution in [2.75, 3.05) is 7.11 Å². The first kappa shape index (κ1) is 15.9. The minimum atomic E-state index is -0.875. The van der Waals surface area contributed by atoms with Crippen LogP contribution >= 0.6 is 0 Å². The third kappa shape index (κ3) is 3.06. The molecule has 5 nitrogen and oxygen atoms in total. The van der Waals surface area contributed by atoms with Gasteiger partial charge in [0.15, 0.2) is 0 Å². The van der Waals surface area contributed by atoms with Gasteiger partial charge in [-0.2, -0.15) is 0 Å². The van der Waals surface area contributed by atoms with Crippen molar-refractivity contribution in [3.05, 3.63) is 23.8 Å². The fourth-order valence-corrected chi connectivity index (χ4v) is 2.22. The number of carboxylic acid groups (broad SMARTS) is 1. The smallest absolute Gasteiger partial charge is 0.497 e. The van der Waals surface area contributed by atoms with E-state index in [0.717, 1.165) is 5.46 Å². The second-order valence-electron chi connectivity index (χ2n) is 6.24. The highest BCUT2D eigenvalue weighted by Gasteiger charge is 2.52. The third-order valence-corrected chi connectivity index (χ3v) is 4.16. The molecule has 0 saturated carbocycles. The summed E-state index contributed by atoms with van der Waals surface area (Å²) in [5.41, 5.74) is 0.500. The standard InChI is InChI=1S/C15H21BO5/c1-14(2)15(3,4)21-16(20-14)11-8-10(9-13(17)18)6-7-12(11)19-5/h6-8H,9H2,1-5H3,(H,17,18). The molecule has 1 fully saturated rings. The molecular weight excluding hydrogens is 271 g/mol. The first-order valence-electron chi connectivity index (χ1n) is 6.90. The van der Waals surface area contributed by atoms with Gasteiger partial charge >= 0.3 is 13.1 Å². The third-order valence-electron chi connectivity index (χ3n) is 4.16. The maximum atomic E-state index is 10.9. The normalized spacial score (nSPS) is 19.6. The van der Waals surface area contributed by atoms with Gasteiger partial charge in [-0.15, -0.1) is 0 Å². The van der Waals surface area contributed by atoms with Crippen molar-refractivity contribution in [3.8, 4) is 5.75 Å². The lowest BCUT2D eigenvalue weighted by molar-refractivity contribution is -0.136. The fourth-order valence-electron chi connectivity index (χ4n) is 2.22. The summed E-state index contributed by atoms with van der Waals surface area (Å²) in [6, 6.07) is 5.26. The fraction of sp³-hybridized carbons (Fsp3) is 0.533. The molecule has 0 amide bonds. The van der Waals surface area contributed by atoms with Crippen LogP contribution in [0.4, 0.5) is 0 Å². The van der Waals surface area contributed by atoms with Crippen molar-refractivity contribution < 1.29 is 23.9 Å². The van der Waals surface area contributed by atoms with E-state index in [9.17, 15) is 4.79 Å². The highest BCUT2D eigenvalue weighted by Crippen LogP contribution is 2.37. The zero-order chi connectivity index (χ0) is 15.8. The molecular formula is C15H21BO5. The molecule has 0 aliphatic carbocycles. The van der Waals surface area contributed by atoms with Crippen molar-refractivity contribution in [1.82, 2.24) is 0 Å². The van der Waals surface area contributed by atoms with Crippen LogP contribution in [0.1, 0.15) is 33.3 Å². The van der Waals surface area contributed by atoms with Gasteiger partial charge in [0.2, 0.25) is 0 Å². The van der Waals surface area contributed by atoms with Gasteiger partial charge in [0, 0.05) is 5.46 Å². The summed E-state index contributed by atoms with van der Waals surface area (Å²) in [7, 11) is 1.000. The Balaban J connectivity index is 2.36. The van der Waals surface area contributed by atoms with Crippen molar-refractivity contribution in [3.63, 3.8) is 0 Å². The number of ether oxygens (including phenoxy) is 1. The molecule has 1 aromatic carbocycles. The zero-order valence-electron chi connectivity index (χ0n) is 13.1. The molecule has 0 atom stereocenters. The average molecular weight is 292 g/mol. The number of carbonyl (C=O) groups is 1. The molecule has 6 heteroatoms. The largest absolute Gasteiger partial charge is 0.498 e. The summed E-state index contributed by atoms with van der Waals surface area (Å²) >= 11 is 0. The summed E-state index contributed by atoms with van der Waals surface area (Å²) in [5.74, 6) is -0.248. The van der Waals surface area contributed by atoms with Crippen LogP contribution in [0.15, 0.2) is 18.2 Å². The zero-order valence-corrected chi connectivity index (χ0v) is 13.1. The Morgan fingerprint density at radius 3 is 2.29 bits per heavy atom. The molecule has 1 aliphatic rings. The Bertz CT molecular complexity index is 537. The minimum Gasteiger partial charge on any atom is -0.497 e. The van der Waals surface area contributed by atoms with E-state index in [2.05, 4.69) is 0 Å². The van der Waals surface area contributed by atoms with E-state index in [1.165, 1.54) is 0 Å². The van der Waals surface area contributed by atoms with E-state index in [1.54, 1.807) is 25.3 Å². The molecule has 1 N–H and O–H groups in total. The van der Waals surface area contributed by atoms with Crippen LogP contribution in [-0.2, 0) is 20.5 Å². The van der Waals surface area contributed by atoms with E-state index in [-0.39, 0.29) is 6.42 Å². The molecule has 0 radical (unpaired) electrons. The number of carboxylic acids is 1. The van der Waals surface area contributed by atoms with Crippen molar-refractivity contribution in [2.24, 2.45) is 0 Å². The SMILES string of the molecule is COc1ccc(CC(=O)O)cc1B1OC(C)(C)C(C)(C)O1. The summed E-state index contributed by atoms with van der Waals surface area (Å²) in [6.07, 6.45) is -0.0451. The Morgan fingerprint density at radius 1 is 1.24 bits per heavy atom. The summed E-state index contributed by atoms with van der Waals surface area (Å²) in [5, 5.41) is 8.92. The van der Waals surface area contributed by atoms with Crippen LogP contribution in [-0.4, -0.2) is 36.5 Å². The van der Waals surface area contributed by atoms with Crippen LogP contribution in [0, 0.1) is 0 Å². The quantitative estimate of drug-likeness (QED) is 0.854. The monoisotopic (exact) mass is 292 g/mol. The Kier molecular flexibility index (Phi) is 4.04. The van der Waals surface area contributed by atoms with Crippen LogP contribution < -0.4 is 10.2 Å². The van der Waals surface area contributed by atoms with Crippen LogP contribution in [0.5, 0.6) is 5.75 Å². The molecule has 1 aromatic rings. The molecule has 0 aromatic heterocycles. The van der Waals surface area contributed by atoms with Gasteiger partial charge in [-0.3, -0.25) is 4.79 Å². The average Bonchev–Trinajstić information content (AvgIpc) is 2.57. The second-order valence-corrected chi connectivity index (χ2v) is 6.24. The van der Waals surface area contributed by atoms with Gasteiger partial charge in [0.05, 0.1) is 24.7 Å². The number of methoxy groups -OCH3 is 1. The Hall–Kier alpha value is -1.53. The lowest BCUT2D eigenvalue weighted by Crippen LogP contribution is -2.41. The summed E-state index contributed by atoms with van der Waals surface area (Å²) < 4.78 is 17.4. The Labute approximate surface area is 125 Å². The van der Waals surface area contributed by atoms with Crippen LogP contribution in [0.3, 0.4) is 0 Å². The van der Waals surface area contributed by atoms with Gasteiger partial charge in [-0.1, -0.05) is 12.1 Å². The maximum absolute atomic E-state index is 10.9. The molecule has 1 aliphatic heterocycles. The number of rotatable bonds is 4. The number of aliphatic carboxylic acids is 1. The van der Waals surface area contributed by atoms with Gasteiger partial charge in [0.25, 0.3) is 0 Å². The molecule has 1 saturated heterocycles. The van der Waals surface area contributed by atoms with E-state index >= 15 is 0 Å². The van der Waals surface area contributed by atoms with Crippen LogP contribution in [0.25, 0.3) is 0 Å². The molecule has 114 valence electrons. The highest BCUT2D eigenvalue weighted by molar-refractivity contribution is 6.63. The molecule has 2 rings (SSSR count). The lowest BCUT2D eigenvalue weighted by Gasteiger charge is -2.32. The van der Waals surface area contributed by atoms with Crippen LogP contribution in [0.2, 0.25) is 0 Å². The van der Waals surface area contributed by atoms with Crippen molar-refractivity contribution in [1.29, 1.82) is 0 Å². The molecule has 1 heterocycles. The maximum Gasteiger partial charge on any atom is 0.498 e. The predicted molar refractivity (Wildman–Crippen MR) is 80.0 cm³/mol. The number of benzene rings is 1. The predicted octanol–water partition coefficient (Wildman–Crippen LogP) is 1.62. The highest BCUT2D eigenvalue weighted by atomic mass is 16.7. The van der Waals surface area contributed by atoms with Gasteiger partial charge in [0.1, 0.15) is 5.75 Å². The topological polar surface area (TPSA) is 65.0 Å². The van der Waals surface area contributed by atoms with Crippen molar-refractivity contribution >= 4 is 18.6 Å². The van der Waals surface area contributed by atoms with E-state index < -0.39 is 24.3 Å². The van der Waals surface area contributed by atoms with E-state index in [4.69, 9.17) is 19.2 Å². The van der Waals surface area contributed by atoms with Gasteiger partial charge in [-0.25, -0.2) is 0 Å². The summed E-state index contributed by atoms with van der Waals surface area (Å²) in [6.45, 7) is 7.89. The molecule has 21 heavy (non-hydrogen) atoms. The molecule has 0 spiro atoms. The van der Waals surface area contributed by atoms with E-state index in [1.807, 2.05) is 27.7 Å². The first-order chi connectivity index (χ1) is 9.66. The summed E-state index contributed by atoms with van der Waals surface area (Å²) in [4.78, 5) is 10.9. The van der Waals surface area contributed by atoms with E-state index in [0.29, 0.717) is 11.3 Å². The second kappa shape index (κ2) is 5.35. The Morgan fingerprint density at radius 2 is 1.81 bits per heavy atom. The molecule has 0 bridgehead atoms. The van der Waals surface area contributed by atoms with Crippen molar-refractivity contribution in [2.45, 2.75) is 45.3 Å². The minimum absolute atomic E-state index is 0.0451. The first-order valence-corrected chi connectivity index (χ1v) is 6.90. The van der Waals surface area contributed by atoms with Gasteiger partial charge < -0.3 is 19.2 Å². The number of hydrogen-bond donors (Lipinski definition) is 1. The number of hydrogen-bond acceptors (Lipinski definition) is 4. The van der Waals surface area contributed by atoms with Gasteiger partial charge in [-0.05, 0) is 39.3 Å². The lowest BCUT2D eigenvalue weighted by atomic mass is 9.77.